The average molecular weight is 173 g/mol. The molecule has 11 heavy (non-hydrogen) atoms. The quantitative estimate of drug-likeness (QED) is 0.616. The summed E-state index contributed by atoms with van der Waals surface area (Å²) in [6.45, 7) is 0. The average Bonchev–Trinajstić information content (AvgIpc) is 2.10. The Balaban J connectivity index is 2.99. The summed E-state index contributed by atoms with van der Waals surface area (Å²) >= 11 is 0. The summed E-state index contributed by atoms with van der Waals surface area (Å²) in [4.78, 5) is 0. The standard InChI is InChI=1S/C6H7NO3S/c7-11(8,9)6-4-2-1-3-5-10-6/h1-5H,(H2,7,8,9). The zero-order chi connectivity index (χ0) is 8.32. The van der Waals surface area contributed by atoms with Crippen molar-refractivity contribution in [2.45, 2.75) is 0 Å². The molecular weight excluding hydrogens is 166 g/mol. The number of hydrogen-bond donors (Lipinski definition) is 1. The summed E-state index contributed by atoms with van der Waals surface area (Å²) in [5, 5.41) is 4.54. The molecule has 1 aliphatic rings. The lowest BCUT2D eigenvalue weighted by atomic mass is 10.5. The van der Waals surface area contributed by atoms with Gasteiger partial charge in [-0.05, 0) is 12.2 Å². The molecule has 1 heterocycles. The van der Waals surface area contributed by atoms with Crippen LogP contribution in [-0.4, -0.2) is 8.42 Å². The number of hydrogen-bond acceptors (Lipinski definition) is 3. The molecule has 2 N–H and O–H groups in total. The second-order valence-corrected chi connectivity index (χ2v) is 3.35. The minimum absolute atomic E-state index is 0.248. The fourth-order valence-corrected chi connectivity index (χ4v) is 1.01. The van der Waals surface area contributed by atoms with Crippen LogP contribution in [0.2, 0.25) is 0 Å². The van der Waals surface area contributed by atoms with Crippen LogP contribution in [0.15, 0.2) is 35.7 Å². The molecule has 0 unspecified atom stereocenters. The Morgan fingerprint density at radius 2 is 2.00 bits per heavy atom. The summed E-state index contributed by atoms with van der Waals surface area (Å²) in [6, 6.07) is 0. The van der Waals surface area contributed by atoms with Gasteiger partial charge in [0, 0.05) is 0 Å². The first kappa shape index (κ1) is 8.03. The molecule has 0 aromatic heterocycles. The van der Waals surface area contributed by atoms with Gasteiger partial charge in [0.25, 0.3) is 10.0 Å². The van der Waals surface area contributed by atoms with E-state index in [1.165, 1.54) is 18.4 Å². The molecule has 1 rings (SSSR count). The highest BCUT2D eigenvalue weighted by Crippen LogP contribution is 2.07. The molecule has 4 nitrogen and oxygen atoms in total. The molecule has 0 fully saturated rings. The molecule has 5 heteroatoms. The van der Waals surface area contributed by atoms with Gasteiger partial charge in [-0.25, -0.2) is 13.6 Å². The number of primary sulfonamides is 1. The van der Waals surface area contributed by atoms with Gasteiger partial charge < -0.3 is 4.74 Å². The number of allylic oxidation sites excluding steroid dienone is 4. The van der Waals surface area contributed by atoms with Gasteiger partial charge in [0.1, 0.15) is 0 Å². The van der Waals surface area contributed by atoms with Crippen LogP contribution in [0.1, 0.15) is 0 Å². The van der Waals surface area contributed by atoms with E-state index in [2.05, 4.69) is 4.74 Å². The normalized spacial score (nSPS) is 17.0. The van der Waals surface area contributed by atoms with Gasteiger partial charge in [0.2, 0.25) is 5.09 Å². The van der Waals surface area contributed by atoms with Gasteiger partial charge in [-0.2, -0.15) is 0 Å². The first-order chi connectivity index (χ1) is 5.11. The summed E-state index contributed by atoms with van der Waals surface area (Å²) in [5.74, 6) is 0. The van der Waals surface area contributed by atoms with Gasteiger partial charge >= 0.3 is 0 Å². The molecule has 0 aliphatic carbocycles. The van der Waals surface area contributed by atoms with E-state index >= 15 is 0 Å². The van der Waals surface area contributed by atoms with Crippen molar-refractivity contribution in [3.63, 3.8) is 0 Å². The minimum Gasteiger partial charge on any atom is -0.452 e. The van der Waals surface area contributed by atoms with E-state index in [9.17, 15) is 8.42 Å². The maximum atomic E-state index is 10.7. The Hall–Kier alpha value is -1.07. The zero-order valence-corrected chi connectivity index (χ0v) is 6.41. The Morgan fingerprint density at radius 3 is 2.64 bits per heavy atom. The summed E-state index contributed by atoms with van der Waals surface area (Å²) < 4.78 is 26.0. The largest absolute Gasteiger partial charge is 0.452 e. The van der Waals surface area contributed by atoms with Gasteiger partial charge in [0.15, 0.2) is 0 Å². The molecule has 0 radical (unpaired) electrons. The van der Waals surface area contributed by atoms with Gasteiger partial charge in [-0.15, -0.1) is 0 Å². The van der Waals surface area contributed by atoms with Crippen molar-refractivity contribution in [3.8, 4) is 0 Å². The fourth-order valence-electron chi connectivity index (χ4n) is 0.551. The molecule has 0 aromatic carbocycles. The third-order valence-corrected chi connectivity index (χ3v) is 1.79. The molecule has 0 aromatic rings. The van der Waals surface area contributed by atoms with Crippen LogP contribution in [0.4, 0.5) is 0 Å². The highest BCUT2D eigenvalue weighted by atomic mass is 32.2. The van der Waals surface area contributed by atoms with Crippen LogP contribution in [-0.2, 0) is 14.8 Å². The van der Waals surface area contributed by atoms with Crippen LogP contribution >= 0.6 is 0 Å². The van der Waals surface area contributed by atoms with Crippen molar-refractivity contribution < 1.29 is 13.2 Å². The van der Waals surface area contributed by atoms with Crippen LogP contribution in [0.5, 0.6) is 0 Å². The molecular formula is C6H7NO3S. The lowest BCUT2D eigenvalue weighted by Crippen LogP contribution is -2.15. The summed E-state index contributed by atoms with van der Waals surface area (Å²) in [7, 11) is -3.71. The van der Waals surface area contributed by atoms with Crippen LogP contribution in [0, 0.1) is 0 Å². The molecule has 0 atom stereocenters. The molecule has 0 bridgehead atoms. The number of sulfonamides is 1. The molecule has 0 amide bonds. The lowest BCUT2D eigenvalue weighted by Gasteiger charge is -1.99. The van der Waals surface area contributed by atoms with Gasteiger partial charge in [-0.3, -0.25) is 0 Å². The topological polar surface area (TPSA) is 69.4 Å². The maximum absolute atomic E-state index is 10.7. The first-order valence-corrected chi connectivity index (χ1v) is 4.38. The van der Waals surface area contributed by atoms with E-state index in [-0.39, 0.29) is 5.09 Å². The molecule has 1 aliphatic heterocycles. The van der Waals surface area contributed by atoms with E-state index in [1.54, 1.807) is 12.2 Å². The van der Waals surface area contributed by atoms with Crippen LogP contribution in [0.25, 0.3) is 0 Å². The molecule has 60 valence electrons. The zero-order valence-electron chi connectivity index (χ0n) is 5.60. The Bertz CT molecular complexity index is 324. The molecule has 0 spiro atoms. The van der Waals surface area contributed by atoms with Crippen molar-refractivity contribution >= 4 is 10.0 Å². The first-order valence-electron chi connectivity index (χ1n) is 2.83. The third-order valence-electron chi connectivity index (χ3n) is 0.998. The van der Waals surface area contributed by atoms with E-state index < -0.39 is 10.0 Å². The van der Waals surface area contributed by atoms with E-state index in [0.717, 1.165) is 0 Å². The molecule has 0 saturated heterocycles. The highest BCUT2D eigenvalue weighted by Gasteiger charge is 2.11. The maximum Gasteiger partial charge on any atom is 0.271 e. The van der Waals surface area contributed by atoms with E-state index in [4.69, 9.17) is 5.14 Å². The van der Waals surface area contributed by atoms with Crippen molar-refractivity contribution in [2.24, 2.45) is 5.14 Å². The fraction of sp³-hybridized carbons (Fsp3) is 0. The lowest BCUT2D eigenvalue weighted by molar-refractivity contribution is 0.378. The van der Waals surface area contributed by atoms with E-state index in [0.29, 0.717) is 0 Å². The predicted octanol–water partition coefficient (Wildman–Crippen LogP) is 0.216. The SMILES string of the molecule is NS(=O)(=O)C1=CC=CC=CO1. The van der Waals surface area contributed by atoms with E-state index in [1.807, 2.05) is 0 Å². The monoisotopic (exact) mass is 173 g/mol. The summed E-state index contributed by atoms with van der Waals surface area (Å²) in [5.41, 5.74) is 0. The summed E-state index contributed by atoms with van der Waals surface area (Å²) in [6.07, 6.45) is 7.27. The van der Waals surface area contributed by atoms with Crippen molar-refractivity contribution in [2.75, 3.05) is 0 Å². The predicted molar refractivity (Wildman–Crippen MR) is 40.6 cm³/mol. The Morgan fingerprint density at radius 1 is 1.27 bits per heavy atom. The highest BCUT2D eigenvalue weighted by molar-refractivity contribution is 7.92. The second-order valence-electron chi connectivity index (χ2n) is 1.86. The van der Waals surface area contributed by atoms with Crippen molar-refractivity contribution in [1.29, 1.82) is 0 Å². The number of rotatable bonds is 1. The molecule has 0 saturated carbocycles. The number of nitrogens with two attached hydrogens (primary N) is 1. The van der Waals surface area contributed by atoms with Crippen molar-refractivity contribution in [3.05, 3.63) is 35.7 Å². The second kappa shape index (κ2) is 2.89. The Kier molecular flexibility index (Phi) is 2.11. The Labute approximate surface area is 64.7 Å². The third kappa shape index (κ3) is 2.21. The number of ether oxygens (including phenoxy) is 1. The van der Waals surface area contributed by atoms with Crippen molar-refractivity contribution in [1.82, 2.24) is 0 Å². The van der Waals surface area contributed by atoms with Gasteiger partial charge in [0.05, 0.1) is 6.26 Å². The van der Waals surface area contributed by atoms with Gasteiger partial charge in [-0.1, -0.05) is 12.2 Å². The van der Waals surface area contributed by atoms with Crippen LogP contribution in [0.3, 0.4) is 0 Å². The minimum atomic E-state index is -3.71. The van der Waals surface area contributed by atoms with Crippen LogP contribution < -0.4 is 5.14 Å². The smallest absolute Gasteiger partial charge is 0.271 e.